The molecule has 0 spiro atoms. The Morgan fingerprint density at radius 3 is 2.39 bits per heavy atom. The summed E-state index contributed by atoms with van der Waals surface area (Å²) in [6.07, 6.45) is 2.59. The molecule has 0 saturated carbocycles. The molecule has 0 fully saturated rings. The average Bonchev–Trinajstić information content (AvgIpc) is 3.45. The summed E-state index contributed by atoms with van der Waals surface area (Å²) in [7, 11) is 0. The summed E-state index contributed by atoms with van der Waals surface area (Å²) in [4.78, 5) is 4.47. The molecule has 0 N–H and O–H groups in total. The van der Waals surface area contributed by atoms with Gasteiger partial charge in [0.1, 0.15) is 6.26 Å². The average molecular weight is 444 g/mol. The van der Waals surface area contributed by atoms with E-state index in [0.717, 1.165) is 34.3 Å². The Hall–Kier alpha value is -4.06. The molecule has 0 radical (unpaired) electrons. The number of oxazole rings is 1. The Bertz CT molecular complexity index is 1410. The molecule has 5 aromatic rings. The molecule has 0 aliphatic carbocycles. The van der Waals surface area contributed by atoms with Gasteiger partial charge in [-0.05, 0) is 53.1 Å². The molecule has 3 nitrogen and oxygen atoms in total. The second-order valence-electron chi connectivity index (χ2n) is 7.71. The van der Waals surface area contributed by atoms with Gasteiger partial charge in [-0.2, -0.15) is 13.2 Å². The minimum Gasteiger partial charge on any atom is -0.445 e. The van der Waals surface area contributed by atoms with Crippen molar-refractivity contribution in [1.29, 1.82) is 0 Å². The van der Waals surface area contributed by atoms with Gasteiger partial charge in [-0.1, -0.05) is 48.5 Å². The number of hydrogen-bond acceptors (Lipinski definition) is 2. The van der Waals surface area contributed by atoms with Crippen molar-refractivity contribution in [3.63, 3.8) is 0 Å². The van der Waals surface area contributed by atoms with Crippen LogP contribution in [0.4, 0.5) is 13.2 Å². The fourth-order valence-corrected chi connectivity index (χ4v) is 3.75. The number of aromatic nitrogens is 2. The summed E-state index contributed by atoms with van der Waals surface area (Å²) < 4.78 is 45.6. The van der Waals surface area contributed by atoms with E-state index in [1.54, 1.807) is 18.4 Å². The van der Waals surface area contributed by atoms with E-state index < -0.39 is 11.7 Å². The van der Waals surface area contributed by atoms with Crippen LogP contribution in [-0.2, 0) is 12.7 Å². The van der Waals surface area contributed by atoms with Crippen molar-refractivity contribution >= 4 is 23.1 Å². The third kappa shape index (κ3) is 4.60. The zero-order valence-electron chi connectivity index (χ0n) is 17.5. The lowest BCUT2D eigenvalue weighted by atomic mass is 10.0. The van der Waals surface area contributed by atoms with Gasteiger partial charge in [-0.15, -0.1) is 0 Å². The number of rotatable bonds is 5. The molecular formula is C27H19F3N2O. The number of nitrogens with zero attached hydrogens (tertiary/aromatic N) is 2. The van der Waals surface area contributed by atoms with Crippen LogP contribution in [0.1, 0.15) is 22.7 Å². The van der Waals surface area contributed by atoms with Crippen molar-refractivity contribution in [3.05, 3.63) is 114 Å². The molecule has 2 aromatic heterocycles. The smallest absolute Gasteiger partial charge is 0.416 e. The number of halogens is 3. The monoisotopic (exact) mass is 444 g/mol. The summed E-state index contributed by atoms with van der Waals surface area (Å²) in [5.41, 5.74) is 4.15. The van der Waals surface area contributed by atoms with Gasteiger partial charge in [0.05, 0.1) is 17.8 Å². The Balaban J connectivity index is 1.30. The summed E-state index contributed by atoms with van der Waals surface area (Å²) >= 11 is 0. The predicted octanol–water partition coefficient (Wildman–Crippen LogP) is 7.53. The lowest BCUT2D eigenvalue weighted by molar-refractivity contribution is -0.137. The van der Waals surface area contributed by atoms with Gasteiger partial charge in [-0.3, -0.25) is 0 Å². The first kappa shape index (κ1) is 20.8. The van der Waals surface area contributed by atoms with Gasteiger partial charge in [0.15, 0.2) is 0 Å². The van der Waals surface area contributed by atoms with Crippen LogP contribution >= 0.6 is 0 Å². The number of fused-ring (bicyclic) bond motifs is 1. The molecule has 6 heteroatoms. The molecule has 0 saturated heterocycles. The quantitative estimate of drug-likeness (QED) is 0.280. The highest BCUT2D eigenvalue weighted by molar-refractivity contribution is 5.85. The van der Waals surface area contributed by atoms with Crippen LogP contribution in [0.5, 0.6) is 0 Å². The Kier molecular flexibility index (Phi) is 5.34. The maximum absolute atomic E-state index is 12.7. The van der Waals surface area contributed by atoms with Crippen molar-refractivity contribution in [1.82, 2.24) is 9.55 Å². The molecule has 5 rings (SSSR count). The van der Waals surface area contributed by atoms with Crippen molar-refractivity contribution in [2.24, 2.45) is 0 Å². The number of hydrogen-bond donors (Lipinski definition) is 0. The highest BCUT2D eigenvalue weighted by atomic mass is 19.4. The largest absolute Gasteiger partial charge is 0.445 e. The van der Waals surface area contributed by atoms with E-state index in [9.17, 15) is 13.2 Å². The molecule has 0 aliphatic rings. The zero-order chi connectivity index (χ0) is 22.8. The Morgan fingerprint density at radius 1 is 0.848 bits per heavy atom. The number of alkyl halides is 3. The summed E-state index contributed by atoms with van der Waals surface area (Å²) in [5.74, 6) is 0.396. The van der Waals surface area contributed by atoms with E-state index in [0.29, 0.717) is 18.0 Å². The van der Waals surface area contributed by atoms with Crippen molar-refractivity contribution < 1.29 is 17.6 Å². The lowest BCUT2D eigenvalue weighted by Gasteiger charge is -2.05. The van der Waals surface area contributed by atoms with Crippen LogP contribution in [0, 0.1) is 0 Å². The lowest BCUT2D eigenvalue weighted by Crippen LogP contribution is -2.03. The van der Waals surface area contributed by atoms with Crippen molar-refractivity contribution in [3.8, 4) is 11.1 Å². The van der Waals surface area contributed by atoms with Crippen molar-refractivity contribution in [2.75, 3.05) is 0 Å². The Morgan fingerprint density at radius 2 is 1.64 bits per heavy atom. The highest BCUT2D eigenvalue weighted by Crippen LogP contribution is 2.29. The van der Waals surface area contributed by atoms with E-state index >= 15 is 0 Å². The third-order valence-electron chi connectivity index (χ3n) is 5.44. The van der Waals surface area contributed by atoms with E-state index in [2.05, 4.69) is 45.9 Å². The van der Waals surface area contributed by atoms with Crippen LogP contribution in [0.3, 0.4) is 0 Å². The van der Waals surface area contributed by atoms with Crippen molar-refractivity contribution in [2.45, 2.75) is 12.7 Å². The maximum atomic E-state index is 12.7. The summed E-state index contributed by atoms with van der Waals surface area (Å²) in [6, 6.07) is 23.6. The van der Waals surface area contributed by atoms with Gasteiger partial charge < -0.3 is 8.98 Å². The normalized spacial score (nSPS) is 12.1. The first-order valence-electron chi connectivity index (χ1n) is 10.4. The minimum atomic E-state index is -4.34. The molecule has 2 heterocycles. The van der Waals surface area contributed by atoms with Crippen LogP contribution < -0.4 is 0 Å². The minimum absolute atomic E-state index is 0.396. The molecule has 33 heavy (non-hydrogen) atoms. The molecule has 0 atom stereocenters. The maximum Gasteiger partial charge on any atom is 0.416 e. The fraction of sp³-hybridized carbons (Fsp3) is 0.0741. The molecule has 0 amide bonds. The highest BCUT2D eigenvalue weighted by Gasteiger charge is 2.29. The predicted molar refractivity (Wildman–Crippen MR) is 123 cm³/mol. The topological polar surface area (TPSA) is 31.0 Å². The molecule has 0 unspecified atom stereocenters. The molecule has 164 valence electrons. The molecule has 0 bridgehead atoms. The second-order valence-corrected chi connectivity index (χ2v) is 7.71. The fourth-order valence-electron chi connectivity index (χ4n) is 3.75. The Labute approximate surface area is 188 Å². The van der Waals surface area contributed by atoms with Gasteiger partial charge in [0, 0.05) is 23.2 Å². The standard InChI is InChI=1S/C27H19F3N2O/c28-27(29,30)23-10-6-19(7-11-23)8-13-26-31-24(18-33-26)17-32-15-14-22-16-21(9-12-25(22)32)20-4-2-1-3-5-20/h1-16,18H,17H2. The number of benzene rings is 3. The van der Waals surface area contributed by atoms with E-state index in [-0.39, 0.29) is 0 Å². The van der Waals surface area contributed by atoms with Gasteiger partial charge in [-0.25, -0.2) is 4.98 Å². The van der Waals surface area contributed by atoms with E-state index in [4.69, 9.17) is 4.42 Å². The molecular weight excluding hydrogens is 425 g/mol. The third-order valence-corrected chi connectivity index (χ3v) is 5.44. The van der Waals surface area contributed by atoms with Gasteiger partial charge >= 0.3 is 6.18 Å². The van der Waals surface area contributed by atoms with E-state index in [1.807, 2.05) is 24.4 Å². The molecule has 0 aliphatic heterocycles. The second kappa shape index (κ2) is 8.47. The zero-order valence-corrected chi connectivity index (χ0v) is 17.5. The SMILES string of the molecule is FC(F)(F)c1ccc(C=Cc2nc(Cn3ccc4cc(-c5ccccc5)ccc43)co2)cc1. The van der Waals surface area contributed by atoms with Crippen LogP contribution in [0.15, 0.2) is 95.7 Å². The van der Waals surface area contributed by atoms with Crippen LogP contribution in [0.25, 0.3) is 34.2 Å². The van der Waals surface area contributed by atoms with Crippen LogP contribution in [-0.4, -0.2) is 9.55 Å². The van der Waals surface area contributed by atoms with E-state index in [1.165, 1.54) is 17.7 Å². The van der Waals surface area contributed by atoms with Gasteiger partial charge in [0.25, 0.3) is 0 Å². The summed E-state index contributed by atoms with van der Waals surface area (Å²) in [6.45, 7) is 0.547. The summed E-state index contributed by atoms with van der Waals surface area (Å²) in [5, 5.41) is 1.14. The molecule has 3 aromatic carbocycles. The first-order chi connectivity index (χ1) is 16.0. The first-order valence-corrected chi connectivity index (χ1v) is 10.4. The van der Waals surface area contributed by atoms with Gasteiger partial charge in [0.2, 0.25) is 5.89 Å². The van der Waals surface area contributed by atoms with Crippen LogP contribution in [0.2, 0.25) is 0 Å².